The monoisotopic (exact) mass is 408 g/mol. The number of hydrogen-bond donors (Lipinski definition) is 4. The Morgan fingerprint density at radius 1 is 1.11 bits per heavy atom. The number of amides is 4. The highest BCUT2D eigenvalue weighted by atomic mass is 32.2. The number of ether oxygens (including phenoxy) is 1. The van der Waals surface area contributed by atoms with Crippen LogP contribution in [0.3, 0.4) is 0 Å². The van der Waals surface area contributed by atoms with Crippen molar-refractivity contribution < 1.29 is 23.9 Å². The van der Waals surface area contributed by atoms with Gasteiger partial charge in [-0.1, -0.05) is 0 Å². The molecule has 1 fully saturated rings. The fraction of sp³-hybridized carbons (Fsp3) is 0.444. The summed E-state index contributed by atoms with van der Waals surface area (Å²) in [5.41, 5.74) is 4.64. The van der Waals surface area contributed by atoms with E-state index in [4.69, 9.17) is 4.74 Å². The lowest BCUT2D eigenvalue weighted by Crippen LogP contribution is -2.55. The number of rotatable bonds is 8. The molecular weight excluding hydrogens is 384 g/mol. The van der Waals surface area contributed by atoms with E-state index >= 15 is 0 Å². The van der Waals surface area contributed by atoms with E-state index in [1.165, 1.54) is 18.9 Å². The zero-order valence-electron chi connectivity index (χ0n) is 15.7. The molecule has 0 aliphatic heterocycles. The Morgan fingerprint density at radius 3 is 2.36 bits per heavy atom. The molecule has 1 aromatic carbocycles. The van der Waals surface area contributed by atoms with E-state index in [-0.39, 0.29) is 6.04 Å². The summed E-state index contributed by atoms with van der Waals surface area (Å²) in [7, 11) is 1.52. The van der Waals surface area contributed by atoms with Gasteiger partial charge in [0.25, 0.3) is 11.8 Å². The number of carbonyl (C=O) groups excluding carboxylic acids is 4. The van der Waals surface area contributed by atoms with Crippen molar-refractivity contribution in [2.24, 2.45) is 0 Å². The van der Waals surface area contributed by atoms with Gasteiger partial charge in [-0.3, -0.25) is 30.0 Å². The predicted octanol–water partition coefficient (Wildman–Crippen LogP) is -0.0273. The fourth-order valence-corrected chi connectivity index (χ4v) is 2.70. The molecule has 1 aliphatic rings. The van der Waals surface area contributed by atoms with Gasteiger partial charge >= 0.3 is 11.8 Å². The first-order chi connectivity index (χ1) is 13.4. The van der Waals surface area contributed by atoms with Crippen LogP contribution >= 0.6 is 11.8 Å². The summed E-state index contributed by atoms with van der Waals surface area (Å²) in [6, 6.07) is 5.62. The van der Waals surface area contributed by atoms with Crippen LogP contribution in [-0.2, 0) is 14.4 Å². The maximum Gasteiger partial charge on any atom is 0.327 e. The van der Waals surface area contributed by atoms with E-state index in [1.54, 1.807) is 24.3 Å². The average Bonchev–Trinajstić information content (AvgIpc) is 3.52. The lowest BCUT2D eigenvalue weighted by molar-refractivity contribution is -0.141. The number of carbonyl (C=O) groups is 4. The lowest BCUT2D eigenvalue weighted by atomic mass is 10.1. The van der Waals surface area contributed by atoms with Crippen LogP contribution in [0, 0.1) is 0 Å². The number of nitrogens with one attached hydrogen (secondary N) is 4. The van der Waals surface area contributed by atoms with Gasteiger partial charge in [0, 0.05) is 11.6 Å². The SMILES string of the molecule is COc1ccc(C(=O)N[C@@H](CCSC)C(=O)NNC(=O)C(=O)NC2CC2)cc1. The third-order valence-electron chi connectivity index (χ3n) is 4.00. The van der Waals surface area contributed by atoms with E-state index in [0.717, 1.165) is 12.8 Å². The third kappa shape index (κ3) is 6.76. The second-order valence-corrected chi connectivity index (χ2v) is 7.21. The number of thioether (sulfide) groups is 1. The maximum atomic E-state index is 12.4. The van der Waals surface area contributed by atoms with Crippen LogP contribution in [0.2, 0.25) is 0 Å². The standard InChI is InChI=1S/C18H24N4O5S/c1-27-13-7-3-11(4-8-13)15(23)20-14(9-10-28-2)16(24)21-22-18(26)17(25)19-12-5-6-12/h3-4,7-8,12,14H,5-6,9-10H2,1-2H3,(H,19,25)(H,20,23)(H,21,24)(H,22,26)/t14-/m0/s1. The highest BCUT2D eigenvalue weighted by Gasteiger charge is 2.27. The van der Waals surface area contributed by atoms with E-state index in [0.29, 0.717) is 23.5 Å². The highest BCUT2D eigenvalue weighted by Crippen LogP contribution is 2.18. The number of hydrogen-bond acceptors (Lipinski definition) is 6. The molecule has 0 saturated heterocycles. The van der Waals surface area contributed by atoms with Gasteiger partial charge in [0.2, 0.25) is 0 Å². The Morgan fingerprint density at radius 2 is 1.79 bits per heavy atom. The van der Waals surface area contributed by atoms with Gasteiger partial charge in [-0.2, -0.15) is 11.8 Å². The van der Waals surface area contributed by atoms with Crippen LogP contribution in [0.25, 0.3) is 0 Å². The first-order valence-corrected chi connectivity index (χ1v) is 10.2. The Balaban J connectivity index is 1.90. The molecule has 28 heavy (non-hydrogen) atoms. The molecule has 2 rings (SSSR count). The summed E-state index contributed by atoms with van der Waals surface area (Å²) in [4.78, 5) is 48.1. The van der Waals surface area contributed by atoms with Crippen LogP contribution in [0.1, 0.15) is 29.6 Å². The van der Waals surface area contributed by atoms with Gasteiger partial charge in [-0.15, -0.1) is 0 Å². The van der Waals surface area contributed by atoms with E-state index < -0.39 is 29.7 Å². The van der Waals surface area contributed by atoms with Crippen LogP contribution < -0.4 is 26.2 Å². The van der Waals surface area contributed by atoms with Crippen LogP contribution in [0.15, 0.2) is 24.3 Å². The molecule has 1 saturated carbocycles. The Hall–Kier alpha value is -2.75. The molecule has 0 aromatic heterocycles. The topological polar surface area (TPSA) is 126 Å². The zero-order valence-corrected chi connectivity index (χ0v) is 16.6. The van der Waals surface area contributed by atoms with Crippen LogP contribution in [-0.4, -0.2) is 54.8 Å². The van der Waals surface area contributed by atoms with Gasteiger partial charge in [-0.05, 0) is 55.5 Å². The average molecular weight is 408 g/mol. The molecule has 4 amide bonds. The molecule has 1 aromatic rings. The molecule has 0 bridgehead atoms. The molecule has 1 atom stereocenters. The fourth-order valence-electron chi connectivity index (χ4n) is 2.23. The smallest absolute Gasteiger partial charge is 0.327 e. The van der Waals surface area contributed by atoms with Crippen molar-refractivity contribution in [3.63, 3.8) is 0 Å². The highest BCUT2D eigenvalue weighted by molar-refractivity contribution is 7.98. The van der Waals surface area contributed by atoms with Crippen molar-refractivity contribution in [1.29, 1.82) is 0 Å². The molecule has 0 heterocycles. The minimum atomic E-state index is -0.953. The Bertz CT molecular complexity index is 721. The first-order valence-electron chi connectivity index (χ1n) is 8.79. The second-order valence-electron chi connectivity index (χ2n) is 6.23. The largest absolute Gasteiger partial charge is 0.497 e. The van der Waals surface area contributed by atoms with E-state index in [1.807, 2.05) is 6.26 Å². The summed E-state index contributed by atoms with van der Waals surface area (Å²) in [5, 5.41) is 5.16. The van der Waals surface area contributed by atoms with Gasteiger partial charge in [-0.25, -0.2) is 0 Å². The van der Waals surface area contributed by atoms with Gasteiger partial charge in [0.15, 0.2) is 0 Å². The molecular formula is C18H24N4O5S. The van der Waals surface area contributed by atoms with E-state index in [9.17, 15) is 19.2 Å². The zero-order chi connectivity index (χ0) is 20.5. The number of benzene rings is 1. The summed E-state index contributed by atoms with van der Waals surface area (Å²) in [6.07, 6.45) is 3.93. The van der Waals surface area contributed by atoms with Crippen molar-refractivity contribution in [2.75, 3.05) is 19.1 Å². The molecule has 1 aliphatic carbocycles. The molecule has 152 valence electrons. The molecule has 10 heteroatoms. The summed E-state index contributed by atoms with van der Waals surface area (Å²) in [5.74, 6) is -1.56. The van der Waals surface area contributed by atoms with Crippen LogP contribution in [0.5, 0.6) is 5.75 Å². The third-order valence-corrected chi connectivity index (χ3v) is 4.65. The van der Waals surface area contributed by atoms with Gasteiger partial charge in [0.05, 0.1) is 7.11 Å². The lowest BCUT2D eigenvalue weighted by Gasteiger charge is -2.18. The normalized spacial score (nSPS) is 13.8. The molecule has 0 spiro atoms. The molecule has 0 unspecified atom stereocenters. The predicted molar refractivity (Wildman–Crippen MR) is 105 cm³/mol. The molecule has 9 nitrogen and oxygen atoms in total. The first kappa shape index (κ1) is 21.5. The number of hydrazine groups is 1. The minimum Gasteiger partial charge on any atom is -0.497 e. The van der Waals surface area contributed by atoms with Crippen molar-refractivity contribution in [3.05, 3.63) is 29.8 Å². The summed E-state index contributed by atoms with van der Waals surface area (Å²) < 4.78 is 5.05. The Labute approximate surface area is 167 Å². The quantitative estimate of drug-likeness (QED) is 0.354. The van der Waals surface area contributed by atoms with Crippen molar-refractivity contribution >= 4 is 35.4 Å². The molecule has 4 N–H and O–H groups in total. The molecule has 0 radical (unpaired) electrons. The van der Waals surface area contributed by atoms with Gasteiger partial charge < -0.3 is 15.4 Å². The van der Waals surface area contributed by atoms with Gasteiger partial charge in [0.1, 0.15) is 11.8 Å². The van der Waals surface area contributed by atoms with Crippen molar-refractivity contribution in [3.8, 4) is 5.75 Å². The minimum absolute atomic E-state index is 0.0343. The van der Waals surface area contributed by atoms with Crippen LogP contribution in [0.4, 0.5) is 0 Å². The van der Waals surface area contributed by atoms with Crippen molar-refractivity contribution in [1.82, 2.24) is 21.5 Å². The maximum absolute atomic E-state index is 12.4. The van der Waals surface area contributed by atoms with Crippen molar-refractivity contribution in [2.45, 2.75) is 31.3 Å². The summed E-state index contributed by atoms with van der Waals surface area (Å²) >= 11 is 1.52. The number of methoxy groups -OCH3 is 1. The second kappa shape index (κ2) is 10.5. The summed E-state index contributed by atoms with van der Waals surface area (Å²) in [6.45, 7) is 0. The van der Waals surface area contributed by atoms with E-state index in [2.05, 4.69) is 21.5 Å². The Kier molecular flexibility index (Phi) is 8.12.